The average Bonchev–Trinajstić information content (AvgIpc) is 2.89. The standard InChI is InChI=1S/C22H27F3N2O3/c1-21(2,3)12-26(13-22(23,24)25)18(28)14-9-10-16-17(11-14)20(30)27(19(16)29)15-7-5-4-6-8-15/h9-11,15H,4-8,12-13H2,1-3H3. The van der Waals surface area contributed by atoms with Crippen molar-refractivity contribution in [3.05, 3.63) is 34.9 Å². The zero-order valence-electron chi connectivity index (χ0n) is 17.5. The summed E-state index contributed by atoms with van der Waals surface area (Å²) in [6, 6.07) is 3.83. The molecule has 164 valence electrons. The highest BCUT2D eigenvalue weighted by Crippen LogP contribution is 2.32. The Hall–Kier alpha value is -2.38. The maximum Gasteiger partial charge on any atom is 0.406 e. The number of hydrogen-bond donors (Lipinski definition) is 0. The summed E-state index contributed by atoms with van der Waals surface area (Å²) in [4.78, 5) is 40.6. The van der Waals surface area contributed by atoms with Gasteiger partial charge in [0.2, 0.25) is 0 Å². The Balaban J connectivity index is 1.88. The van der Waals surface area contributed by atoms with Crippen molar-refractivity contribution in [2.24, 2.45) is 5.41 Å². The number of carbonyl (C=O) groups is 3. The molecule has 30 heavy (non-hydrogen) atoms. The van der Waals surface area contributed by atoms with Gasteiger partial charge in [0.25, 0.3) is 17.7 Å². The minimum absolute atomic E-state index is 0.0195. The molecule has 1 aliphatic carbocycles. The molecular formula is C22H27F3N2O3. The monoisotopic (exact) mass is 424 g/mol. The van der Waals surface area contributed by atoms with E-state index >= 15 is 0 Å². The Labute approximate surface area is 174 Å². The third-order valence-electron chi connectivity index (χ3n) is 5.43. The topological polar surface area (TPSA) is 57.7 Å². The molecule has 1 aromatic carbocycles. The lowest BCUT2D eigenvalue weighted by molar-refractivity contribution is -0.142. The van der Waals surface area contributed by atoms with E-state index in [0.717, 1.165) is 37.0 Å². The van der Waals surface area contributed by atoms with Crippen LogP contribution >= 0.6 is 0 Å². The van der Waals surface area contributed by atoms with Crippen LogP contribution in [0.15, 0.2) is 18.2 Å². The van der Waals surface area contributed by atoms with Crippen LogP contribution < -0.4 is 0 Å². The average molecular weight is 424 g/mol. The first-order chi connectivity index (χ1) is 13.9. The van der Waals surface area contributed by atoms with Gasteiger partial charge in [-0.05, 0) is 36.5 Å². The summed E-state index contributed by atoms with van der Waals surface area (Å²) >= 11 is 0. The molecule has 3 rings (SSSR count). The second-order valence-electron chi connectivity index (χ2n) is 9.37. The lowest BCUT2D eigenvalue weighted by atomic mass is 9.94. The fourth-order valence-corrected chi connectivity index (χ4v) is 4.23. The lowest BCUT2D eigenvalue weighted by Gasteiger charge is -2.30. The van der Waals surface area contributed by atoms with Crippen molar-refractivity contribution in [2.75, 3.05) is 13.1 Å². The zero-order valence-corrected chi connectivity index (χ0v) is 17.5. The number of benzene rings is 1. The number of alkyl halides is 3. The van der Waals surface area contributed by atoms with E-state index in [1.807, 2.05) is 0 Å². The summed E-state index contributed by atoms with van der Waals surface area (Å²) in [6.45, 7) is 3.77. The van der Waals surface area contributed by atoms with Gasteiger partial charge in [-0.2, -0.15) is 13.2 Å². The summed E-state index contributed by atoms with van der Waals surface area (Å²) in [5.74, 6) is -1.65. The molecule has 2 aliphatic rings. The van der Waals surface area contributed by atoms with Crippen LogP contribution in [-0.4, -0.2) is 52.8 Å². The van der Waals surface area contributed by atoms with Crippen molar-refractivity contribution in [3.8, 4) is 0 Å². The van der Waals surface area contributed by atoms with Crippen LogP contribution in [0, 0.1) is 5.41 Å². The largest absolute Gasteiger partial charge is 0.406 e. The van der Waals surface area contributed by atoms with Crippen LogP contribution in [0.3, 0.4) is 0 Å². The summed E-state index contributed by atoms with van der Waals surface area (Å²) < 4.78 is 39.1. The molecule has 8 heteroatoms. The van der Waals surface area contributed by atoms with E-state index in [1.165, 1.54) is 23.1 Å². The highest BCUT2D eigenvalue weighted by Gasteiger charge is 2.41. The van der Waals surface area contributed by atoms with Crippen molar-refractivity contribution in [1.82, 2.24) is 9.80 Å². The van der Waals surface area contributed by atoms with Gasteiger partial charge in [-0.3, -0.25) is 19.3 Å². The maximum absolute atomic E-state index is 13.0. The second kappa shape index (κ2) is 8.04. The first kappa shape index (κ1) is 22.3. The predicted octanol–water partition coefficient (Wildman–Crippen LogP) is 4.67. The van der Waals surface area contributed by atoms with Crippen LogP contribution in [-0.2, 0) is 0 Å². The van der Waals surface area contributed by atoms with Crippen LogP contribution in [0.2, 0.25) is 0 Å². The summed E-state index contributed by atoms with van der Waals surface area (Å²) in [5.41, 5.74) is -0.255. The molecule has 3 amide bonds. The maximum atomic E-state index is 13.0. The number of rotatable bonds is 4. The Morgan fingerprint density at radius 3 is 2.17 bits per heavy atom. The van der Waals surface area contributed by atoms with Gasteiger partial charge in [-0.15, -0.1) is 0 Å². The first-order valence-corrected chi connectivity index (χ1v) is 10.3. The number of carbonyl (C=O) groups excluding carboxylic acids is 3. The molecule has 0 aromatic heterocycles. The molecule has 0 saturated heterocycles. The number of nitrogens with zero attached hydrogens (tertiary/aromatic N) is 2. The van der Waals surface area contributed by atoms with Gasteiger partial charge in [-0.1, -0.05) is 40.0 Å². The molecular weight excluding hydrogens is 397 g/mol. The van der Waals surface area contributed by atoms with Crippen molar-refractivity contribution in [3.63, 3.8) is 0 Å². The number of imide groups is 1. The van der Waals surface area contributed by atoms with E-state index in [0.29, 0.717) is 0 Å². The van der Waals surface area contributed by atoms with Crippen molar-refractivity contribution in [2.45, 2.75) is 65.1 Å². The van der Waals surface area contributed by atoms with Gasteiger partial charge in [0.05, 0.1) is 11.1 Å². The van der Waals surface area contributed by atoms with E-state index in [1.54, 1.807) is 20.8 Å². The van der Waals surface area contributed by atoms with Gasteiger partial charge in [-0.25, -0.2) is 0 Å². The molecule has 1 heterocycles. The summed E-state index contributed by atoms with van der Waals surface area (Å²) in [6.07, 6.45) is -0.0746. The van der Waals surface area contributed by atoms with E-state index in [-0.39, 0.29) is 35.2 Å². The third kappa shape index (κ3) is 4.84. The van der Waals surface area contributed by atoms with Crippen LogP contribution in [0.4, 0.5) is 13.2 Å². The number of hydrogen-bond acceptors (Lipinski definition) is 3. The third-order valence-corrected chi connectivity index (χ3v) is 5.43. The van der Waals surface area contributed by atoms with Crippen LogP contribution in [0.5, 0.6) is 0 Å². The van der Waals surface area contributed by atoms with E-state index in [2.05, 4.69) is 0 Å². The van der Waals surface area contributed by atoms with Gasteiger partial charge in [0.1, 0.15) is 6.54 Å². The van der Waals surface area contributed by atoms with E-state index in [9.17, 15) is 27.6 Å². The smallest absolute Gasteiger partial charge is 0.329 e. The molecule has 0 bridgehead atoms. The molecule has 5 nitrogen and oxygen atoms in total. The van der Waals surface area contributed by atoms with Crippen LogP contribution in [0.25, 0.3) is 0 Å². The molecule has 0 unspecified atom stereocenters. The van der Waals surface area contributed by atoms with Gasteiger partial charge in [0.15, 0.2) is 0 Å². The molecule has 0 radical (unpaired) electrons. The molecule has 1 saturated carbocycles. The Morgan fingerprint density at radius 1 is 1.00 bits per heavy atom. The number of halogens is 3. The van der Waals surface area contributed by atoms with Gasteiger partial charge >= 0.3 is 6.18 Å². The number of fused-ring (bicyclic) bond motifs is 1. The highest BCUT2D eigenvalue weighted by molar-refractivity contribution is 6.22. The molecule has 0 spiro atoms. The summed E-state index contributed by atoms with van der Waals surface area (Å²) in [7, 11) is 0. The minimum atomic E-state index is -4.54. The highest BCUT2D eigenvalue weighted by atomic mass is 19.4. The fraction of sp³-hybridized carbons (Fsp3) is 0.591. The lowest BCUT2D eigenvalue weighted by Crippen LogP contribution is -2.43. The van der Waals surface area contributed by atoms with Crippen molar-refractivity contribution >= 4 is 17.7 Å². The normalized spacial score (nSPS) is 18.0. The van der Waals surface area contributed by atoms with Gasteiger partial charge < -0.3 is 4.90 Å². The summed E-state index contributed by atoms with van der Waals surface area (Å²) in [5, 5.41) is 0. The Bertz CT molecular complexity index is 836. The molecule has 1 aromatic rings. The zero-order chi connectivity index (χ0) is 22.3. The fourth-order valence-electron chi connectivity index (χ4n) is 4.23. The quantitative estimate of drug-likeness (QED) is 0.661. The van der Waals surface area contributed by atoms with E-state index < -0.39 is 30.0 Å². The minimum Gasteiger partial charge on any atom is -0.329 e. The Kier molecular flexibility index (Phi) is 5.98. The van der Waals surface area contributed by atoms with Gasteiger partial charge in [0, 0.05) is 18.2 Å². The predicted molar refractivity (Wildman–Crippen MR) is 105 cm³/mol. The van der Waals surface area contributed by atoms with Crippen molar-refractivity contribution in [1.29, 1.82) is 0 Å². The molecule has 1 aliphatic heterocycles. The second-order valence-corrected chi connectivity index (χ2v) is 9.37. The molecule has 0 atom stereocenters. The van der Waals surface area contributed by atoms with E-state index in [4.69, 9.17) is 0 Å². The molecule has 0 N–H and O–H groups in total. The SMILES string of the molecule is CC(C)(C)CN(CC(F)(F)F)C(=O)c1ccc2c(c1)C(=O)N(C1CCCCC1)C2=O. The number of amides is 3. The van der Waals surface area contributed by atoms with Crippen molar-refractivity contribution < 1.29 is 27.6 Å². The Morgan fingerprint density at radius 2 is 1.60 bits per heavy atom. The molecule has 1 fully saturated rings. The van der Waals surface area contributed by atoms with Crippen LogP contribution in [0.1, 0.15) is 83.9 Å². The first-order valence-electron chi connectivity index (χ1n) is 10.3.